The summed E-state index contributed by atoms with van der Waals surface area (Å²) >= 11 is 0. The van der Waals surface area contributed by atoms with Crippen molar-refractivity contribution < 1.29 is 14.6 Å². The molecule has 1 aromatic rings. The minimum atomic E-state index is -0.142. The van der Waals surface area contributed by atoms with E-state index in [9.17, 15) is 9.90 Å². The van der Waals surface area contributed by atoms with Gasteiger partial charge in [-0.05, 0) is 43.9 Å². The predicted octanol–water partition coefficient (Wildman–Crippen LogP) is 2.25. The number of benzene rings is 1. The van der Waals surface area contributed by atoms with Gasteiger partial charge in [-0.2, -0.15) is 0 Å². The van der Waals surface area contributed by atoms with Crippen molar-refractivity contribution in [2.75, 3.05) is 20.3 Å². The first-order valence-electron chi connectivity index (χ1n) is 6.22. The Morgan fingerprint density at radius 3 is 2.78 bits per heavy atom. The zero-order valence-electron chi connectivity index (χ0n) is 11.0. The molecular formula is C14H21NO3. The Hall–Kier alpha value is -1.55. The number of rotatable bonds is 7. The number of phenols is 1. The molecule has 100 valence electrons. The molecule has 0 unspecified atom stereocenters. The third-order valence-electron chi connectivity index (χ3n) is 2.78. The Morgan fingerprint density at radius 2 is 2.11 bits per heavy atom. The molecule has 0 aliphatic rings. The summed E-state index contributed by atoms with van der Waals surface area (Å²) in [7, 11) is 1.69. The van der Waals surface area contributed by atoms with Crippen molar-refractivity contribution in [1.29, 1.82) is 0 Å². The second kappa shape index (κ2) is 7.71. The highest BCUT2D eigenvalue weighted by Crippen LogP contribution is 2.17. The standard InChI is InChI=1S/C14H21NO3/c1-11-6-7-12(10-13(11)16)14(17)15-8-4-3-5-9-18-2/h6-7,10,16H,3-5,8-9H2,1-2H3,(H,15,17). The Morgan fingerprint density at radius 1 is 1.33 bits per heavy atom. The molecule has 1 rings (SSSR count). The van der Waals surface area contributed by atoms with Gasteiger partial charge in [-0.1, -0.05) is 6.07 Å². The van der Waals surface area contributed by atoms with Gasteiger partial charge in [-0.15, -0.1) is 0 Å². The van der Waals surface area contributed by atoms with Crippen LogP contribution < -0.4 is 5.32 Å². The molecule has 1 aromatic carbocycles. The maximum atomic E-state index is 11.8. The molecule has 0 bridgehead atoms. The van der Waals surface area contributed by atoms with Crippen LogP contribution in [0.3, 0.4) is 0 Å². The van der Waals surface area contributed by atoms with Crippen molar-refractivity contribution >= 4 is 5.91 Å². The highest BCUT2D eigenvalue weighted by Gasteiger charge is 2.06. The van der Waals surface area contributed by atoms with E-state index in [0.717, 1.165) is 31.4 Å². The molecule has 0 aliphatic carbocycles. The van der Waals surface area contributed by atoms with Gasteiger partial charge in [0.15, 0.2) is 0 Å². The van der Waals surface area contributed by atoms with Crippen molar-refractivity contribution in [3.63, 3.8) is 0 Å². The smallest absolute Gasteiger partial charge is 0.251 e. The van der Waals surface area contributed by atoms with Crippen LogP contribution in [0, 0.1) is 6.92 Å². The lowest BCUT2D eigenvalue weighted by Crippen LogP contribution is -2.24. The third kappa shape index (κ3) is 4.75. The van der Waals surface area contributed by atoms with Gasteiger partial charge in [0.05, 0.1) is 0 Å². The van der Waals surface area contributed by atoms with Crippen LogP contribution >= 0.6 is 0 Å². The highest BCUT2D eigenvalue weighted by atomic mass is 16.5. The molecule has 0 radical (unpaired) electrons. The third-order valence-corrected chi connectivity index (χ3v) is 2.78. The molecule has 0 saturated heterocycles. The molecule has 1 amide bonds. The molecule has 0 spiro atoms. The predicted molar refractivity (Wildman–Crippen MR) is 70.9 cm³/mol. The first-order chi connectivity index (χ1) is 8.65. The molecule has 0 aromatic heterocycles. The van der Waals surface area contributed by atoms with Crippen LogP contribution in [0.1, 0.15) is 35.2 Å². The highest BCUT2D eigenvalue weighted by molar-refractivity contribution is 5.94. The minimum Gasteiger partial charge on any atom is -0.508 e. The number of aromatic hydroxyl groups is 1. The van der Waals surface area contributed by atoms with Gasteiger partial charge >= 0.3 is 0 Å². The summed E-state index contributed by atoms with van der Waals surface area (Å²) < 4.78 is 4.95. The normalized spacial score (nSPS) is 10.3. The van der Waals surface area contributed by atoms with Gasteiger partial charge in [0.25, 0.3) is 5.91 Å². The first kappa shape index (κ1) is 14.5. The quantitative estimate of drug-likeness (QED) is 0.731. The van der Waals surface area contributed by atoms with Crippen molar-refractivity contribution in [1.82, 2.24) is 5.32 Å². The molecular weight excluding hydrogens is 230 g/mol. The van der Waals surface area contributed by atoms with Crippen LogP contribution in [-0.4, -0.2) is 31.3 Å². The van der Waals surface area contributed by atoms with Gasteiger partial charge < -0.3 is 15.2 Å². The molecule has 0 heterocycles. The number of unbranched alkanes of at least 4 members (excludes halogenated alkanes) is 2. The number of carbonyl (C=O) groups excluding carboxylic acids is 1. The van der Waals surface area contributed by atoms with Gasteiger partial charge in [-0.3, -0.25) is 4.79 Å². The fourth-order valence-corrected chi connectivity index (χ4v) is 1.60. The van der Waals surface area contributed by atoms with E-state index in [1.165, 1.54) is 6.07 Å². The van der Waals surface area contributed by atoms with Crippen LogP contribution in [0.25, 0.3) is 0 Å². The number of phenolic OH excluding ortho intramolecular Hbond substituents is 1. The summed E-state index contributed by atoms with van der Waals surface area (Å²) in [5, 5.41) is 12.4. The summed E-state index contributed by atoms with van der Waals surface area (Å²) in [6.07, 6.45) is 2.98. The fraction of sp³-hybridized carbons (Fsp3) is 0.500. The lowest BCUT2D eigenvalue weighted by atomic mass is 10.1. The first-order valence-corrected chi connectivity index (χ1v) is 6.22. The Bertz CT molecular complexity index is 391. The zero-order valence-corrected chi connectivity index (χ0v) is 11.0. The fourth-order valence-electron chi connectivity index (χ4n) is 1.60. The maximum absolute atomic E-state index is 11.8. The lowest BCUT2D eigenvalue weighted by molar-refractivity contribution is 0.0952. The molecule has 2 N–H and O–H groups in total. The number of amides is 1. The van der Waals surface area contributed by atoms with E-state index in [2.05, 4.69) is 5.32 Å². The molecule has 0 atom stereocenters. The van der Waals surface area contributed by atoms with E-state index in [1.807, 2.05) is 0 Å². The van der Waals surface area contributed by atoms with Gasteiger partial charge in [0.2, 0.25) is 0 Å². The van der Waals surface area contributed by atoms with Gasteiger partial charge in [0.1, 0.15) is 5.75 Å². The van der Waals surface area contributed by atoms with Crippen molar-refractivity contribution in [2.24, 2.45) is 0 Å². The van der Waals surface area contributed by atoms with E-state index < -0.39 is 0 Å². The Balaban J connectivity index is 2.30. The van der Waals surface area contributed by atoms with E-state index >= 15 is 0 Å². The number of carbonyl (C=O) groups is 1. The van der Waals surface area contributed by atoms with E-state index in [0.29, 0.717) is 12.1 Å². The minimum absolute atomic E-state index is 0.142. The summed E-state index contributed by atoms with van der Waals surface area (Å²) in [6.45, 7) is 3.21. The van der Waals surface area contributed by atoms with Crippen molar-refractivity contribution in [3.05, 3.63) is 29.3 Å². The van der Waals surface area contributed by atoms with Gasteiger partial charge in [-0.25, -0.2) is 0 Å². The largest absolute Gasteiger partial charge is 0.508 e. The topological polar surface area (TPSA) is 58.6 Å². The Labute approximate surface area is 108 Å². The maximum Gasteiger partial charge on any atom is 0.251 e. The van der Waals surface area contributed by atoms with Gasteiger partial charge in [0, 0.05) is 25.8 Å². The van der Waals surface area contributed by atoms with Crippen LogP contribution in [0.5, 0.6) is 5.75 Å². The monoisotopic (exact) mass is 251 g/mol. The molecule has 18 heavy (non-hydrogen) atoms. The van der Waals surface area contributed by atoms with Crippen LogP contribution in [0.4, 0.5) is 0 Å². The number of ether oxygens (including phenoxy) is 1. The second-order valence-electron chi connectivity index (χ2n) is 4.31. The molecule has 0 saturated carbocycles. The molecule has 0 fully saturated rings. The Kier molecular flexibility index (Phi) is 6.22. The second-order valence-corrected chi connectivity index (χ2v) is 4.31. The zero-order chi connectivity index (χ0) is 13.4. The van der Waals surface area contributed by atoms with E-state index in [1.54, 1.807) is 26.2 Å². The number of aryl methyl sites for hydroxylation is 1. The molecule has 4 nitrogen and oxygen atoms in total. The summed E-state index contributed by atoms with van der Waals surface area (Å²) in [6, 6.07) is 4.95. The number of hydrogen-bond donors (Lipinski definition) is 2. The average Bonchev–Trinajstić information content (AvgIpc) is 2.36. The summed E-state index contributed by atoms with van der Waals surface area (Å²) in [4.78, 5) is 11.8. The summed E-state index contributed by atoms with van der Waals surface area (Å²) in [5.74, 6) is 0.0137. The van der Waals surface area contributed by atoms with Crippen LogP contribution in [0.2, 0.25) is 0 Å². The van der Waals surface area contributed by atoms with Crippen molar-refractivity contribution in [3.8, 4) is 5.75 Å². The molecule has 0 aliphatic heterocycles. The number of nitrogens with one attached hydrogen (secondary N) is 1. The number of methoxy groups -OCH3 is 1. The lowest BCUT2D eigenvalue weighted by Gasteiger charge is -2.06. The average molecular weight is 251 g/mol. The van der Waals surface area contributed by atoms with Crippen molar-refractivity contribution in [2.45, 2.75) is 26.2 Å². The van der Waals surface area contributed by atoms with E-state index in [4.69, 9.17) is 4.74 Å². The van der Waals surface area contributed by atoms with Crippen LogP contribution in [-0.2, 0) is 4.74 Å². The number of hydrogen-bond acceptors (Lipinski definition) is 3. The summed E-state index contributed by atoms with van der Waals surface area (Å²) in [5.41, 5.74) is 1.26. The SMILES string of the molecule is COCCCCCNC(=O)c1ccc(C)c(O)c1. The van der Waals surface area contributed by atoms with Crippen LogP contribution in [0.15, 0.2) is 18.2 Å². The van der Waals surface area contributed by atoms with E-state index in [-0.39, 0.29) is 11.7 Å². The molecule has 4 heteroatoms.